The number of thiazole rings is 1. The van der Waals surface area contributed by atoms with Crippen LogP contribution < -0.4 is 16.8 Å². The summed E-state index contributed by atoms with van der Waals surface area (Å²) < 4.78 is 0.496. The van der Waals surface area contributed by atoms with Crippen LogP contribution in [0.3, 0.4) is 0 Å². The molecule has 2 aliphatic rings. The number of carboxylic acids is 1. The van der Waals surface area contributed by atoms with Crippen LogP contribution in [0.2, 0.25) is 4.34 Å². The summed E-state index contributed by atoms with van der Waals surface area (Å²) in [7, 11) is 0. The van der Waals surface area contributed by atoms with Gasteiger partial charge in [-0.2, -0.15) is 0 Å². The number of fused-ring (bicyclic) bond motifs is 1. The van der Waals surface area contributed by atoms with Gasteiger partial charge in [-0.15, -0.1) is 10.2 Å². The molecule has 168 valence electrons. The number of hydrogen-bond donors (Lipinski definition) is 5. The Hall–Kier alpha value is -2.95. The van der Waals surface area contributed by atoms with Crippen LogP contribution in [0.5, 0.6) is 0 Å². The summed E-state index contributed by atoms with van der Waals surface area (Å²) in [6, 6.07) is -1.59. The molecule has 0 unspecified atom stereocenters. The van der Waals surface area contributed by atoms with Crippen molar-refractivity contribution >= 4 is 79.8 Å². The van der Waals surface area contributed by atoms with Gasteiger partial charge in [0.15, 0.2) is 15.2 Å². The van der Waals surface area contributed by atoms with Crippen LogP contribution in [0, 0.1) is 0 Å². The molecule has 13 nitrogen and oxygen atoms in total. The number of nitrogens with one attached hydrogen (secondary N) is 1. The van der Waals surface area contributed by atoms with E-state index in [0.29, 0.717) is 22.1 Å². The number of halogens is 1. The number of rotatable bonds is 6. The Morgan fingerprint density at radius 3 is 2.59 bits per heavy atom. The fraction of sp³-hybridized carbons (Fsp3) is 0.267. The summed E-state index contributed by atoms with van der Waals surface area (Å²) >= 11 is 9.04. The van der Waals surface area contributed by atoms with Gasteiger partial charge in [-0.25, -0.2) is 9.78 Å². The third-order valence-corrected chi connectivity index (χ3v) is 7.69. The molecule has 0 aliphatic carbocycles. The molecule has 2 amide bonds. The minimum atomic E-state index is -1.28. The van der Waals surface area contributed by atoms with Crippen LogP contribution in [-0.4, -0.2) is 66.0 Å². The zero-order valence-corrected chi connectivity index (χ0v) is 18.9. The number of hydrogen-bond acceptors (Lipinski definition) is 13. The predicted octanol–water partition coefficient (Wildman–Crippen LogP) is 0.569. The number of nitrogens with two attached hydrogens (primary N) is 2. The number of thioether (sulfide) groups is 1. The van der Waals surface area contributed by atoms with Crippen LogP contribution in [0.4, 0.5) is 10.3 Å². The minimum absolute atomic E-state index is 0.0414. The first-order valence-corrected chi connectivity index (χ1v) is 11.6. The Labute approximate surface area is 196 Å². The maximum absolute atomic E-state index is 12.8. The van der Waals surface area contributed by atoms with Gasteiger partial charge in [0.05, 0.1) is 6.04 Å². The monoisotopic (exact) mass is 516 g/mol. The Balaban J connectivity index is 1.53. The summed E-state index contributed by atoms with van der Waals surface area (Å²) in [6.07, 6.45) is 0.724. The summed E-state index contributed by atoms with van der Waals surface area (Å²) in [4.78, 5) is 42.7. The number of nitrogen functional groups attached to an aromatic ring is 2. The van der Waals surface area contributed by atoms with Crippen molar-refractivity contribution < 1.29 is 24.7 Å². The average Bonchev–Trinajstić information content (AvgIpc) is 3.30. The number of β-lactam (4-membered cyclic amide) rings is 1. The number of carbonyl (C=O) groups is 3. The lowest BCUT2D eigenvalue weighted by Crippen LogP contribution is -2.72. The highest BCUT2D eigenvalue weighted by Gasteiger charge is 2.54. The molecule has 1 saturated heterocycles. The number of oxime groups is 1. The van der Waals surface area contributed by atoms with Gasteiger partial charge in [0.1, 0.15) is 21.8 Å². The Bertz CT molecular complexity index is 1190. The highest BCUT2D eigenvalue weighted by atomic mass is 35.5. The maximum atomic E-state index is 12.8. The Morgan fingerprint density at radius 1 is 1.28 bits per heavy atom. The quantitative estimate of drug-likeness (QED) is 0.155. The molecule has 17 heteroatoms. The maximum Gasteiger partial charge on any atom is 0.353 e. The first kappa shape index (κ1) is 22.3. The second kappa shape index (κ2) is 8.53. The van der Waals surface area contributed by atoms with Crippen molar-refractivity contribution in [1.82, 2.24) is 25.4 Å². The Morgan fingerprint density at radius 2 is 2.03 bits per heavy atom. The van der Waals surface area contributed by atoms with Crippen LogP contribution in [-0.2, 0) is 14.4 Å². The smallest absolute Gasteiger partial charge is 0.353 e. The van der Waals surface area contributed by atoms with Gasteiger partial charge in [0.25, 0.3) is 11.8 Å². The lowest BCUT2D eigenvalue weighted by molar-refractivity contribution is -0.155. The average molecular weight is 517 g/mol. The summed E-state index contributed by atoms with van der Waals surface area (Å²) in [5, 5.41) is 32.2. The van der Waals surface area contributed by atoms with E-state index in [9.17, 15) is 24.7 Å². The van der Waals surface area contributed by atoms with Crippen molar-refractivity contribution in [2.45, 2.75) is 29.3 Å². The van der Waals surface area contributed by atoms with Gasteiger partial charge in [-0.05, 0) is 12.8 Å². The number of carbonyl (C=O) groups excluding carboxylic acids is 2. The van der Waals surface area contributed by atoms with Crippen LogP contribution in [0.15, 0.2) is 20.1 Å². The molecule has 0 aromatic carbocycles. The number of amides is 2. The molecule has 0 radical (unpaired) electrons. The molecule has 0 spiro atoms. The van der Waals surface area contributed by atoms with Crippen LogP contribution in [0.25, 0.3) is 0 Å². The lowest BCUT2D eigenvalue weighted by atomic mass is 9.86. The zero-order valence-electron chi connectivity index (χ0n) is 15.7. The van der Waals surface area contributed by atoms with Gasteiger partial charge in [-0.3, -0.25) is 14.5 Å². The van der Waals surface area contributed by atoms with Crippen molar-refractivity contribution in [2.75, 3.05) is 11.5 Å². The number of aliphatic carboxylic acids is 1. The van der Waals surface area contributed by atoms with Crippen molar-refractivity contribution in [1.29, 1.82) is 0 Å². The third-order valence-electron chi connectivity index (χ3n) is 4.66. The summed E-state index contributed by atoms with van der Waals surface area (Å²) in [6.45, 7) is 0. The molecule has 2 aromatic heterocycles. The second-order valence-corrected chi connectivity index (χ2v) is 10.5. The highest BCUT2D eigenvalue weighted by molar-refractivity contribution is 8.04. The minimum Gasteiger partial charge on any atom is -0.477 e. The number of nitrogens with zero attached hydrogens (tertiary/aromatic N) is 5. The van der Waals surface area contributed by atoms with Gasteiger partial charge in [-0.1, -0.05) is 51.2 Å². The fourth-order valence-corrected chi connectivity index (χ4v) is 6.16. The Kier molecular flexibility index (Phi) is 5.93. The fourth-order valence-electron chi connectivity index (χ4n) is 3.37. The zero-order chi connectivity index (χ0) is 23.2. The molecule has 0 saturated carbocycles. The molecule has 7 N–H and O–H groups in total. The summed E-state index contributed by atoms with van der Waals surface area (Å²) in [5.74, 6) is -2.80. The largest absolute Gasteiger partial charge is 0.477 e. The molecule has 0 bridgehead atoms. The van der Waals surface area contributed by atoms with Gasteiger partial charge >= 0.3 is 5.97 Å². The van der Waals surface area contributed by atoms with E-state index in [-0.39, 0.29) is 26.0 Å². The van der Waals surface area contributed by atoms with Crippen molar-refractivity contribution in [3.05, 3.63) is 20.6 Å². The van der Waals surface area contributed by atoms with Crippen molar-refractivity contribution in [2.24, 2.45) is 5.16 Å². The molecule has 4 heterocycles. The van der Waals surface area contributed by atoms with Crippen molar-refractivity contribution in [3.63, 3.8) is 0 Å². The molecule has 4 rings (SSSR count). The van der Waals surface area contributed by atoms with Crippen LogP contribution >= 0.6 is 46.0 Å². The second-order valence-electron chi connectivity index (χ2n) is 6.47. The third kappa shape index (κ3) is 3.85. The van der Waals surface area contributed by atoms with Gasteiger partial charge in [0.2, 0.25) is 5.13 Å². The molecule has 2 atom stereocenters. The van der Waals surface area contributed by atoms with E-state index in [1.54, 1.807) is 0 Å². The van der Waals surface area contributed by atoms with Crippen molar-refractivity contribution in [3.8, 4) is 0 Å². The van der Waals surface area contributed by atoms with E-state index >= 15 is 0 Å². The molecule has 2 aliphatic heterocycles. The number of aromatic nitrogens is 3. The standard InChI is InChI=1S/C15H13ClN8O5S3/c16-9-6(20-13(17)31-9)7(23-29)10(25)19-5-3-1-2-4(30-15-22-21-14(18)32-15)8(12(27)28)24(3)11(5)26/h3,5,29H,1-2H2,(H2,17,20)(H2,18,21)(H,19,25)(H,27,28)/b23-7-/t3-,5+/m1/s1. The number of carboxylic acid groups (broad SMARTS) is 1. The van der Waals surface area contributed by atoms with E-state index in [1.165, 1.54) is 0 Å². The predicted molar refractivity (Wildman–Crippen MR) is 116 cm³/mol. The SMILES string of the molecule is Nc1nnc(SC2=C(C(=O)O)N3C(=O)[C@@H](NC(=O)/C(=N\O)c4nc(N)sc4Cl)[C@H]3CC2)s1. The van der Waals surface area contributed by atoms with E-state index in [4.69, 9.17) is 23.1 Å². The van der Waals surface area contributed by atoms with E-state index in [2.05, 4.69) is 25.7 Å². The normalized spacial score (nSPS) is 20.7. The van der Waals surface area contributed by atoms with E-state index in [1.807, 2.05) is 0 Å². The number of allylic oxidation sites excluding steroid dienone is 1. The molecule has 1 fully saturated rings. The first-order valence-electron chi connectivity index (χ1n) is 8.72. The number of anilines is 2. The molecule has 2 aromatic rings. The first-order chi connectivity index (χ1) is 15.2. The lowest BCUT2D eigenvalue weighted by Gasteiger charge is -2.49. The summed E-state index contributed by atoms with van der Waals surface area (Å²) in [5.41, 5.74) is 10.3. The molecule has 32 heavy (non-hydrogen) atoms. The van der Waals surface area contributed by atoms with Gasteiger partial charge < -0.3 is 27.1 Å². The van der Waals surface area contributed by atoms with E-state index < -0.39 is 35.6 Å². The molecular formula is C15H13ClN8O5S3. The highest BCUT2D eigenvalue weighted by Crippen LogP contribution is 2.43. The van der Waals surface area contributed by atoms with E-state index in [0.717, 1.165) is 39.3 Å². The topological polar surface area (TPSA) is 210 Å². The molecular weight excluding hydrogens is 504 g/mol. The van der Waals surface area contributed by atoms with Gasteiger partial charge in [0, 0.05) is 4.91 Å². The van der Waals surface area contributed by atoms with Crippen LogP contribution in [0.1, 0.15) is 18.5 Å².